The molecule has 0 aromatic heterocycles. The lowest BCUT2D eigenvalue weighted by Gasteiger charge is -2.11. The molecule has 0 spiro atoms. The molecule has 8 heteroatoms. The highest BCUT2D eigenvalue weighted by atomic mass is 32.2. The maximum Gasteiger partial charge on any atom is 0.247 e. The molecule has 3 atom stereocenters. The predicted molar refractivity (Wildman–Crippen MR) is 46.8 cm³/mol. The van der Waals surface area contributed by atoms with Crippen LogP contribution in [-0.2, 0) is 19.6 Å². The van der Waals surface area contributed by atoms with Crippen LogP contribution in [0, 0.1) is 0 Å². The second-order valence-corrected chi connectivity index (χ2v) is 4.84. The Morgan fingerprint density at radius 3 is 2.79 bits per heavy atom. The molecule has 2 aliphatic rings. The van der Waals surface area contributed by atoms with Crippen molar-refractivity contribution in [2.45, 2.75) is 24.6 Å². The van der Waals surface area contributed by atoms with Gasteiger partial charge in [0.2, 0.25) is 15.9 Å². The molecular formula is C6H9N3O4S. The third-order valence-electron chi connectivity index (χ3n) is 2.03. The smallest absolute Gasteiger partial charge is 0.247 e. The quantitative estimate of drug-likeness (QED) is 0.492. The van der Waals surface area contributed by atoms with E-state index in [4.69, 9.17) is 9.88 Å². The summed E-state index contributed by atoms with van der Waals surface area (Å²) in [6.45, 7) is 1.44. The Kier molecular flexibility index (Phi) is 1.88. The van der Waals surface area contributed by atoms with Crippen LogP contribution < -0.4 is 10.5 Å². The van der Waals surface area contributed by atoms with Crippen molar-refractivity contribution in [3.05, 3.63) is 0 Å². The number of rotatable bonds is 1. The van der Waals surface area contributed by atoms with Gasteiger partial charge in [0.15, 0.2) is 17.7 Å². The van der Waals surface area contributed by atoms with Crippen molar-refractivity contribution in [1.29, 1.82) is 0 Å². The van der Waals surface area contributed by atoms with Crippen molar-refractivity contribution in [3.63, 3.8) is 0 Å². The number of hydrogen-bond acceptors (Lipinski definition) is 5. The Bertz CT molecular complexity index is 415. The normalized spacial score (nSPS) is 36.6. The van der Waals surface area contributed by atoms with Gasteiger partial charge in [-0.05, 0) is 6.92 Å². The predicted octanol–water partition coefficient (Wildman–Crippen LogP) is -2.08. The van der Waals surface area contributed by atoms with Crippen LogP contribution in [0.3, 0.4) is 0 Å². The molecule has 2 rings (SSSR count). The Balaban J connectivity index is 2.39. The molecule has 0 aromatic rings. The van der Waals surface area contributed by atoms with E-state index in [0.717, 1.165) is 0 Å². The van der Waals surface area contributed by atoms with E-state index in [0.29, 0.717) is 0 Å². The lowest BCUT2D eigenvalue weighted by atomic mass is 10.3. The Hall–Kier alpha value is -0.990. The number of epoxide rings is 1. The van der Waals surface area contributed by atoms with Gasteiger partial charge in [-0.3, -0.25) is 9.79 Å². The van der Waals surface area contributed by atoms with Crippen LogP contribution >= 0.6 is 0 Å². The molecule has 1 amide bonds. The lowest BCUT2D eigenvalue weighted by molar-refractivity contribution is -0.120. The number of nitrogens with two attached hydrogens (primary N) is 1. The number of nitrogens with zero attached hydrogens (tertiary/aromatic N) is 1. The fourth-order valence-corrected chi connectivity index (χ4v) is 2.27. The van der Waals surface area contributed by atoms with Crippen molar-refractivity contribution >= 4 is 21.6 Å². The van der Waals surface area contributed by atoms with E-state index in [2.05, 4.69) is 10.3 Å². The third kappa shape index (κ3) is 1.51. The number of amides is 1. The van der Waals surface area contributed by atoms with Gasteiger partial charge >= 0.3 is 0 Å². The molecule has 1 saturated heterocycles. The minimum Gasteiger partial charge on any atom is -0.325 e. The zero-order valence-corrected chi connectivity index (χ0v) is 8.11. The van der Waals surface area contributed by atoms with Crippen LogP contribution in [0.4, 0.5) is 0 Å². The van der Waals surface area contributed by atoms with E-state index in [1.165, 1.54) is 6.92 Å². The zero-order chi connectivity index (χ0) is 10.5. The van der Waals surface area contributed by atoms with E-state index >= 15 is 0 Å². The van der Waals surface area contributed by atoms with Crippen molar-refractivity contribution in [3.8, 4) is 0 Å². The van der Waals surface area contributed by atoms with Gasteiger partial charge in [0.1, 0.15) is 0 Å². The monoisotopic (exact) mass is 219 g/mol. The summed E-state index contributed by atoms with van der Waals surface area (Å²) in [5.74, 6) is -0.682. The largest absolute Gasteiger partial charge is 0.325 e. The standard InChI is InChI=1S/C6H9N3O4S/c1-2-3(14(7,11)12)4(10)9-6-5(8-2)13-6/h3,5-6H,1H3,(H,9,10)(H2,7,11,12). The zero-order valence-electron chi connectivity index (χ0n) is 7.30. The molecule has 78 valence electrons. The average Bonchev–Trinajstić information content (AvgIpc) is 2.61. The summed E-state index contributed by atoms with van der Waals surface area (Å²) < 4.78 is 27.1. The second kappa shape index (κ2) is 2.75. The van der Waals surface area contributed by atoms with Crippen LogP contribution in [0.5, 0.6) is 0 Å². The van der Waals surface area contributed by atoms with Gasteiger partial charge in [-0.15, -0.1) is 0 Å². The van der Waals surface area contributed by atoms with E-state index < -0.39 is 33.6 Å². The van der Waals surface area contributed by atoms with Crippen molar-refractivity contribution in [1.82, 2.24) is 5.32 Å². The fourth-order valence-electron chi connectivity index (χ4n) is 1.37. The number of aliphatic imine (C=N–C) groups is 1. The highest BCUT2D eigenvalue weighted by Crippen LogP contribution is 2.24. The number of sulfonamides is 1. The Morgan fingerprint density at radius 1 is 1.57 bits per heavy atom. The van der Waals surface area contributed by atoms with Crippen LogP contribution in [0.2, 0.25) is 0 Å². The molecule has 0 radical (unpaired) electrons. The number of primary sulfonamides is 1. The van der Waals surface area contributed by atoms with E-state index in [1.807, 2.05) is 0 Å². The van der Waals surface area contributed by atoms with Gasteiger partial charge in [-0.2, -0.15) is 0 Å². The maximum absolute atomic E-state index is 11.4. The number of carbonyl (C=O) groups excluding carboxylic acids is 1. The first-order valence-corrected chi connectivity index (χ1v) is 5.52. The molecule has 3 N–H and O–H groups in total. The van der Waals surface area contributed by atoms with Crippen LogP contribution in [0.15, 0.2) is 4.99 Å². The Labute approximate surface area is 80.4 Å². The van der Waals surface area contributed by atoms with E-state index in [-0.39, 0.29) is 5.71 Å². The average molecular weight is 219 g/mol. The summed E-state index contributed by atoms with van der Waals surface area (Å²) >= 11 is 0. The summed E-state index contributed by atoms with van der Waals surface area (Å²) in [6.07, 6.45) is -0.949. The molecule has 0 aromatic carbocycles. The van der Waals surface area contributed by atoms with Gasteiger partial charge in [0, 0.05) is 5.71 Å². The molecule has 7 nitrogen and oxygen atoms in total. The van der Waals surface area contributed by atoms with Crippen LogP contribution in [0.1, 0.15) is 6.92 Å². The molecular weight excluding hydrogens is 210 g/mol. The number of carbonyl (C=O) groups is 1. The van der Waals surface area contributed by atoms with Gasteiger partial charge in [-0.25, -0.2) is 13.6 Å². The second-order valence-electron chi connectivity index (χ2n) is 3.20. The molecule has 0 aliphatic carbocycles. The Morgan fingerprint density at radius 2 is 2.21 bits per heavy atom. The highest BCUT2D eigenvalue weighted by molar-refractivity contribution is 7.91. The first kappa shape index (κ1) is 9.56. The highest BCUT2D eigenvalue weighted by Gasteiger charge is 2.47. The van der Waals surface area contributed by atoms with Crippen molar-refractivity contribution < 1.29 is 17.9 Å². The number of ether oxygens (including phenoxy) is 1. The number of nitrogens with one attached hydrogen (secondary N) is 1. The van der Waals surface area contributed by atoms with Crippen molar-refractivity contribution in [2.75, 3.05) is 0 Å². The number of fused-ring (bicyclic) bond motifs is 1. The summed E-state index contributed by atoms with van der Waals surface area (Å²) in [4.78, 5) is 15.3. The number of hydrogen-bond donors (Lipinski definition) is 2. The van der Waals surface area contributed by atoms with Crippen LogP contribution in [0.25, 0.3) is 0 Å². The summed E-state index contributed by atoms with van der Waals surface area (Å²) in [6, 6.07) is 0. The van der Waals surface area contributed by atoms with E-state index in [1.54, 1.807) is 0 Å². The third-order valence-corrected chi connectivity index (χ3v) is 3.24. The summed E-state index contributed by atoms with van der Waals surface area (Å²) in [5.41, 5.74) is 0.162. The van der Waals surface area contributed by atoms with Crippen LogP contribution in [-0.4, -0.2) is 37.7 Å². The van der Waals surface area contributed by atoms with Gasteiger partial charge in [0.05, 0.1) is 0 Å². The fraction of sp³-hybridized carbons (Fsp3) is 0.667. The maximum atomic E-state index is 11.4. The molecule has 14 heavy (non-hydrogen) atoms. The minimum atomic E-state index is -3.95. The summed E-state index contributed by atoms with van der Waals surface area (Å²) in [7, 11) is -3.95. The van der Waals surface area contributed by atoms with Crippen molar-refractivity contribution in [2.24, 2.45) is 10.1 Å². The first-order chi connectivity index (χ1) is 6.39. The molecule has 3 unspecified atom stereocenters. The molecule has 0 saturated carbocycles. The first-order valence-electron chi connectivity index (χ1n) is 3.91. The molecule has 2 heterocycles. The topological polar surface area (TPSA) is 114 Å². The van der Waals surface area contributed by atoms with Gasteiger partial charge < -0.3 is 10.1 Å². The minimum absolute atomic E-state index is 0.162. The SMILES string of the molecule is CC1=NC2OC2NC(=O)C1S(N)(=O)=O. The van der Waals surface area contributed by atoms with Gasteiger partial charge in [0.25, 0.3) is 0 Å². The molecule has 0 bridgehead atoms. The molecule has 2 aliphatic heterocycles. The lowest BCUT2D eigenvalue weighted by Crippen LogP contribution is -2.46. The summed E-state index contributed by atoms with van der Waals surface area (Å²) in [5, 5.41) is 5.89. The molecule has 1 fully saturated rings. The van der Waals surface area contributed by atoms with Gasteiger partial charge in [-0.1, -0.05) is 0 Å². The van der Waals surface area contributed by atoms with E-state index in [9.17, 15) is 13.2 Å².